The molecule has 1 unspecified atom stereocenters. The number of alkyl carbamates (subject to hydrolysis) is 1. The molecule has 0 heterocycles. The van der Waals surface area contributed by atoms with Crippen molar-refractivity contribution in [3.8, 4) is 0 Å². The van der Waals surface area contributed by atoms with Crippen LogP contribution in [-0.4, -0.2) is 23.8 Å². The summed E-state index contributed by atoms with van der Waals surface area (Å²) in [5.41, 5.74) is 0.210. The van der Waals surface area contributed by atoms with Crippen LogP contribution in [0, 0.1) is 0 Å². The number of rotatable bonds is 7. The van der Waals surface area contributed by atoms with E-state index in [1.165, 1.54) is 0 Å². The molecular weight excluding hydrogens is 306 g/mol. The first kappa shape index (κ1) is 19.7. The van der Waals surface area contributed by atoms with Gasteiger partial charge in [-0.05, 0) is 33.3 Å². The minimum Gasteiger partial charge on any atom is -0.462 e. The summed E-state index contributed by atoms with van der Waals surface area (Å²) in [4.78, 5) is 24.2. The average molecular weight is 333 g/mol. The number of benzene rings is 1. The predicted octanol–water partition coefficient (Wildman–Crippen LogP) is 4.15. The van der Waals surface area contributed by atoms with Crippen molar-refractivity contribution in [2.75, 3.05) is 0 Å². The first-order valence-corrected chi connectivity index (χ1v) is 8.06. The molecule has 0 saturated heterocycles. The van der Waals surface area contributed by atoms with Crippen molar-refractivity contribution in [1.29, 1.82) is 0 Å². The van der Waals surface area contributed by atoms with Gasteiger partial charge in [0, 0.05) is 6.42 Å². The lowest BCUT2D eigenvalue weighted by molar-refractivity contribution is -0.148. The summed E-state index contributed by atoms with van der Waals surface area (Å²) in [6, 6.07) is 8.77. The molecule has 1 N–H and O–H groups in total. The van der Waals surface area contributed by atoms with Gasteiger partial charge in [0.25, 0.3) is 0 Å². The highest BCUT2D eigenvalue weighted by Gasteiger charge is 2.23. The molecule has 1 aromatic rings. The van der Waals surface area contributed by atoms with E-state index >= 15 is 0 Å². The van der Waals surface area contributed by atoms with Crippen LogP contribution >= 0.6 is 0 Å². The van der Waals surface area contributed by atoms with Crippen molar-refractivity contribution in [2.45, 2.75) is 58.3 Å². The molecule has 132 valence electrons. The van der Waals surface area contributed by atoms with Crippen molar-refractivity contribution in [1.82, 2.24) is 5.32 Å². The summed E-state index contributed by atoms with van der Waals surface area (Å²) in [5, 5.41) is 2.74. The van der Waals surface area contributed by atoms with E-state index in [1.807, 2.05) is 30.3 Å². The molecule has 1 rings (SSSR count). The Hall–Kier alpha value is -2.30. The highest BCUT2D eigenvalue weighted by Crippen LogP contribution is 2.19. The maximum absolute atomic E-state index is 12.1. The molecule has 0 fully saturated rings. The molecule has 0 aliphatic rings. The molecule has 2 atom stereocenters. The van der Waals surface area contributed by atoms with Crippen LogP contribution < -0.4 is 5.32 Å². The Morgan fingerprint density at radius 2 is 1.88 bits per heavy atom. The fourth-order valence-electron chi connectivity index (χ4n) is 2.11. The largest absolute Gasteiger partial charge is 0.462 e. The van der Waals surface area contributed by atoms with Crippen LogP contribution in [0.15, 0.2) is 43.0 Å². The van der Waals surface area contributed by atoms with Crippen molar-refractivity contribution in [2.24, 2.45) is 0 Å². The van der Waals surface area contributed by atoms with E-state index in [2.05, 4.69) is 11.9 Å². The van der Waals surface area contributed by atoms with Gasteiger partial charge in [-0.15, -0.1) is 6.58 Å². The maximum atomic E-state index is 12.1. The van der Waals surface area contributed by atoms with Crippen LogP contribution in [0.1, 0.15) is 52.1 Å². The Balaban J connectivity index is 2.77. The Kier molecular flexibility index (Phi) is 7.49. The number of ether oxygens (including phenoxy) is 2. The summed E-state index contributed by atoms with van der Waals surface area (Å²) in [5.74, 6) is -0.380. The van der Waals surface area contributed by atoms with Gasteiger partial charge in [0.05, 0.1) is 12.5 Å². The lowest BCUT2D eigenvalue weighted by Crippen LogP contribution is -2.36. The van der Waals surface area contributed by atoms with Crippen LogP contribution in [-0.2, 0) is 14.3 Å². The molecule has 0 aliphatic carbocycles. The molecule has 0 saturated carbocycles. The monoisotopic (exact) mass is 333 g/mol. The number of hydrogen-bond donors (Lipinski definition) is 1. The number of hydrogen-bond acceptors (Lipinski definition) is 4. The fraction of sp³-hybridized carbons (Fsp3) is 0.474. The molecule has 0 aliphatic heterocycles. The predicted molar refractivity (Wildman–Crippen MR) is 93.5 cm³/mol. The molecule has 5 heteroatoms. The zero-order valence-electron chi connectivity index (χ0n) is 14.9. The fourth-order valence-corrected chi connectivity index (χ4v) is 2.11. The van der Waals surface area contributed by atoms with Crippen molar-refractivity contribution in [3.05, 3.63) is 48.6 Å². The summed E-state index contributed by atoms with van der Waals surface area (Å²) in [7, 11) is 0. The summed E-state index contributed by atoms with van der Waals surface area (Å²) in [6.45, 7) is 10.8. The zero-order valence-corrected chi connectivity index (χ0v) is 14.9. The third-order valence-corrected chi connectivity index (χ3v) is 3.09. The minimum absolute atomic E-state index is 0.0325. The van der Waals surface area contributed by atoms with E-state index in [4.69, 9.17) is 9.47 Å². The number of esters is 1. The van der Waals surface area contributed by atoms with Crippen LogP contribution in [0.2, 0.25) is 0 Å². The van der Waals surface area contributed by atoms with E-state index in [9.17, 15) is 9.59 Å². The van der Waals surface area contributed by atoms with Crippen molar-refractivity contribution in [3.63, 3.8) is 0 Å². The lowest BCUT2D eigenvalue weighted by atomic mass is 10.0. The highest BCUT2D eigenvalue weighted by atomic mass is 16.6. The van der Waals surface area contributed by atoms with Gasteiger partial charge in [0.1, 0.15) is 11.7 Å². The standard InChI is InChI=1S/C19H27NO4/c1-6-10-14(2)23-17(21)13-16(15-11-8-7-9-12-15)20-18(22)24-19(3,4)5/h6-9,11-12,14,16H,1,10,13H2,2-5H3,(H,20,22)/t14-,16?/m1/s1. The first-order valence-electron chi connectivity index (χ1n) is 8.06. The summed E-state index contributed by atoms with van der Waals surface area (Å²) < 4.78 is 10.6. The van der Waals surface area contributed by atoms with Gasteiger partial charge in [0.15, 0.2) is 0 Å². The zero-order chi connectivity index (χ0) is 18.2. The maximum Gasteiger partial charge on any atom is 0.408 e. The van der Waals surface area contributed by atoms with Crippen LogP contribution in [0.3, 0.4) is 0 Å². The van der Waals surface area contributed by atoms with Crippen LogP contribution in [0.4, 0.5) is 4.79 Å². The van der Waals surface area contributed by atoms with Crippen molar-refractivity contribution < 1.29 is 19.1 Å². The Morgan fingerprint density at radius 1 is 1.25 bits per heavy atom. The van der Waals surface area contributed by atoms with Gasteiger partial charge in [-0.3, -0.25) is 4.79 Å². The topological polar surface area (TPSA) is 64.6 Å². The third kappa shape index (κ3) is 7.81. The SMILES string of the molecule is C=CC[C@@H](C)OC(=O)CC(NC(=O)OC(C)(C)C)c1ccccc1. The van der Waals surface area contributed by atoms with Gasteiger partial charge in [-0.1, -0.05) is 36.4 Å². The Labute approximate surface area is 144 Å². The minimum atomic E-state index is -0.607. The molecule has 1 aromatic carbocycles. The normalized spacial score (nSPS) is 13.5. The number of amides is 1. The van der Waals surface area contributed by atoms with E-state index in [0.717, 1.165) is 5.56 Å². The van der Waals surface area contributed by atoms with E-state index in [-0.39, 0.29) is 18.5 Å². The molecule has 24 heavy (non-hydrogen) atoms. The molecule has 0 aromatic heterocycles. The molecule has 1 amide bonds. The summed E-state index contributed by atoms with van der Waals surface area (Å²) in [6.07, 6.45) is 1.51. The molecule has 0 bridgehead atoms. The Bertz CT molecular complexity index is 548. The molecule has 5 nitrogen and oxygen atoms in total. The van der Waals surface area contributed by atoms with E-state index in [0.29, 0.717) is 6.42 Å². The van der Waals surface area contributed by atoms with E-state index < -0.39 is 17.7 Å². The van der Waals surface area contributed by atoms with Gasteiger partial charge >= 0.3 is 12.1 Å². The molecular formula is C19H27NO4. The number of carbonyl (C=O) groups is 2. The first-order chi connectivity index (χ1) is 11.2. The third-order valence-electron chi connectivity index (χ3n) is 3.09. The average Bonchev–Trinajstić information content (AvgIpc) is 2.45. The quantitative estimate of drug-likeness (QED) is 0.601. The van der Waals surface area contributed by atoms with Gasteiger partial charge < -0.3 is 14.8 Å². The second-order valence-electron chi connectivity index (χ2n) is 6.64. The van der Waals surface area contributed by atoms with Gasteiger partial charge in [-0.2, -0.15) is 0 Å². The van der Waals surface area contributed by atoms with Gasteiger partial charge in [-0.25, -0.2) is 4.79 Å². The Morgan fingerprint density at radius 3 is 2.42 bits per heavy atom. The lowest BCUT2D eigenvalue weighted by Gasteiger charge is -2.24. The summed E-state index contributed by atoms with van der Waals surface area (Å²) >= 11 is 0. The van der Waals surface area contributed by atoms with Crippen LogP contribution in [0.25, 0.3) is 0 Å². The van der Waals surface area contributed by atoms with E-state index in [1.54, 1.807) is 33.8 Å². The highest BCUT2D eigenvalue weighted by molar-refractivity contribution is 5.73. The smallest absolute Gasteiger partial charge is 0.408 e. The number of nitrogens with one attached hydrogen (secondary N) is 1. The number of carbonyl (C=O) groups excluding carboxylic acids is 2. The molecule has 0 radical (unpaired) electrons. The van der Waals surface area contributed by atoms with Crippen molar-refractivity contribution >= 4 is 12.1 Å². The second kappa shape index (κ2) is 9.11. The van der Waals surface area contributed by atoms with Gasteiger partial charge in [0.2, 0.25) is 0 Å². The second-order valence-corrected chi connectivity index (χ2v) is 6.64. The van der Waals surface area contributed by atoms with Crippen LogP contribution in [0.5, 0.6) is 0 Å². The molecule has 0 spiro atoms.